The second-order valence-electron chi connectivity index (χ2n) is 3.96. The number of ether oxygens (including phenoxy) is 2. The fraction of sp³-hybridized carbons (Fsp3) is 0.364. The van der Waals surface area contributed by atoms with Gasteiger partial charge in [-0.15, -0.1) is 0 Å². The monoisotopic (exact) mass is 318 g/mol. The second-order valence-corrected chi connectivity index (χ2v) is 5.87. The normalized spacial score (nSPS) is 10.8. The van der Waals surface area contributed by atoms with Gasteiger partial charge in [-0.2, -0.15) is 0 Å². The Labute approximate surface area is 121 Å². The van der Waals surface area contributed by atoms with Gasteiger partial charge >= 0.3 is 5.97 Å². The number of hydrogen-bond donors (Lipinski definition) is 0. The predicted molar refractivity (Wildman–Crippen MR) is 73.9 cm³/mol. The van der Waals surface area contributed by atoms with Crippen molar-refractivity contribution in [2.45, 2.75) is 0 Å². The Balaban J connectivity index is 3.44. The predicted octanol–water partition coefficient (Wildman–Crippen LogP) is 0.542. The molecule has 0 fully saturated rings. The number of nitrogens with zero attached hydrogens (tertiary/aromatic N) is 2. The minimum Gasteiger partial charge on any atom is -0.495 e. The van der Waals surface area contributed by atoms with Crippen molar-refractivity contribution in [3.8, 4) is 5.75 Å². The summed E-state index contributed by atoms with van der Waals surface area (Å²) in [5.41, 5.74) is -0.441. The van der Waals surface area contributed by atoms with Crippen LogP contribution in [0.5, 0.6) is 5.75 Å². The van der Waals surface area contributed by atoms with Crippen molar-refractivity contribution >= 4 is 27.4 Å². The van der Waals surface area contributed by atoms with E-state index in [9.17, 15) is 23.3 Å². The van der Waals surface area contributed by atoms with Crippen LogP contribution in [0.4, 0.5) is 11.4 Å². The van der Waals surface area contributed by atoms with E-state index in [2.05, 4.69) is 4.74 Å². The number of non-ortho nitro benzene ring substituents is 1. The van der Waals surface area contributed by atoms with Crippen molar-refractivity contribution in [1.29, 1.82) is 0 Å². The van der Waals surface area contributed by atoms with Crippen molar-refractivity contribution in [2.75, 3.05) is 31.3 Å². The van der Waals surface area contributed by atoms with Crippen molar-refractivity contribution in [2.24, 2.45) is 0 Å². The summed E-state index contributed by atoms with van der Waals surface area (Å²) in [4.78, 5) is 21.5. The minimum atomic E-state index is -3.87. The van der Waals surface area contributed by atoms with E-state index >= 15 is 0 Å². The topological polar surface area (TPSA) is 116 Å². The summed E-state index contributed by atoms with van der Waals surface area (Å²) in [7, 11) is -1.48. The molecule has 1 aromatic rings. The van der Waals surface area contributed by atoms with Crippen LogP contribution in [0.25, 0.3) is 0 Å². The first kappa shape index (κ1) is 16.7. The summed E-state index contributed by atoms with van der Waals surface area (Å²) in [6.45, 7) is -0.618. The van der Waals surface area contributed by atoms with E-state index in [0.29, 0.717) is 4.31 Å². The molecule has 116 valence electrons. The standard InChI is InChI=1S/C11H14N2O7S/c1-19-10-5-4-8(13(15)16)6-9(10)12(21(3,17)18)7-11(14)20-2/h4-6H,7H2,1-3H3. The van der Waals surface area contributed by atoms with Crippen LogP contribution in [-0.2, 0) is 19.6 Å². The Morgan fingerprint density at radius 3 is 2.43 bits per heavy atom. The van der Waals surface area contributed by atoms with Gasteiger partial charge in [0, 0.05) is 12.1 Å². The Kier molecular flexibility index (Phi) is 5.08. The lowest BCUT2D eigenvalue weighted by molar-refractivity contribution is -0.384. The van der Waals surface area contributed by atoms with Crippen molar-refractivity contribution in [1.82, 2.24) is 0 Å². The van der Waals surface area contributed by atoms with E-state index in [1.807, 2.05) is 0 Å². The van der Waals surface area contributed by atoms with Crippen LogP contribution in [0.1, 0.15) is 0 Å². The molecule has 0 bridgehead atoms. The summed E-state index contributed by atoms with van der Waals surface area (Å²) in [5.74, 6) is -0.732. The zero-order valence-corrected chi connectivity index (χ0v) is 12.4. The maximum atomic E-state index is 11.8. The molecule has 0 unspecified atom stereocenters. The number of carbonyl (C=O) groups excluding carboxylic acids is 1. The molecular weight excluding hydrogens is 304 g/mol. The Morgan fingerprint density at radius 2 is 2.00 bits per heavy atom. The van der Waals surface area contributed by atoms with Crippen LogP contribution in [0.2, 0.25) is 0 Å². The van der Waals surface area contributed by atoms with Gasteiger partial charge in [-0.3, -0.25) is 19.2 Å². The molecule has 0 radical (unpaired) electrons. The third kappa shape index (κ3) is 4.05. The molecule has 0 aliphatic carbocycles. The maximum absolute atomic E-state index is 11.8. The molecule has 21 heavy (non-hydrogen) atoms. The van der Waals surface area contributed by atoms with E-state index in [1.54, 1.807) is 0 Å². The Bertz CT molecular complexity index is 657. The van der Waals surface area contributed by atoms with Crippen molar-refractivity contribution in [3.05, 3.63) is 28.3 Å². The number of anilines is 1. The van der Waals surface area contributed by atoms with Gasteiger partial charge < -0.3 is 9.47 Å². The highest BCUT2D eigenvalue weighted by Crippen LogP contribution is 2.33. The molecule has 0 saturated carbocycles. The molecule has 0 heterocycles. The Morgan fingerprint density at radius 1 is 1.38 bits per heavy atom. The van der Waals surface area contributed by atoms with Gasteiger partial charge in [-0.05, 0) is 6.07 Å². The van der Waals surface area contributed by atoms with Gasteiger partial charge in [0.15, 0.2) is 0 Å². The highest BCUT2D eigenvalue weighted by molar-refractivity contribution is 7.92. The summed E-state index contributed by atoms with van der Waals surface area (Å²) >= 11 is 0. The highest BCUT2D eigenvalue weighted by Gasteiger charge is 2.26. The number of rotatable bonds is 6. The lowest BCUT2D eigenvalue weighted by Crippen LogP contribution is -2.35. The number of nitro benzene ring substituents is 1. The zero-order chi connectivity index (χ0) is 16.2. The number of benzene rings is 1. The van der Waals surface area contributed by atoms with Gasteiger partial charge in [0.2, 0.25) is 10.0 Å². The largest absolute Gasteiger partial charge is 0.495 e. The lowest BCUT2D eigenvalue weighted by atomic mass is 10.2. The molecule has 1 rings (SSSR count). The molecule has 0 N–H and O–H groups in total. The molecule has 10 heteroatoms. The lowest BCUT2D eigenvalue weighted by Gasteiger charge is -2.22. The van der Waals surface area contributed by atoms with Crippen LogP contribution in [0.15, 0.2) is 18.2 Å². The van der Waals surface area contributed by atoms with Gasteiger partial charge in [0.25, 0.3) is 5.69 Å². The summed E-state index contributed by atoms with van der Waals surface area (Å²) in [6, 6.07) is 3.44. The van der Waals surface area contributed by atoms with Crippen LogP contribution in [0, 0.1) is 10.1 Å². The number of sulfonamides is 1. The van der Waals surface area contributed by atoms with Crippen LogP contribution < -0.4 is 9.04 Å². The maximum Gasteiger partial charge on any atom is 0.326 e. The summed E-state index contributed by atoms with van der Waals surface area (Å²) in [6.07, 6.45) is 0.869. The fourth-order valence-electron chi connectivity index (χ4n) is 1.55. The number of esters is 1. The first-order valence-electron chi connectivity index (χ1n) is 5.57. The Hall–Kier alpha value is -2.36. The number of hydrogen-bond acceptors (Lipinski definition) is 7. The van der Waals surface area contributed by atoms with E-state index in [-0.39, 0.29) is 17.1 Å². The third-order valence-corrected chi connectivity index (χ3v) is 3.67. The number of nitro groups is 1. The van der Waals surface area contributed by atoms with E-state index in [0.717, 1.165) is 19.4 Å². The molecule has 9 nitrogen and oxygen atoms in total. The molecule has 0 aliphatic rings. The average molecular weight is 318 g/mol. The fourth-order valence-corrected chi connectivity index (χ4v) is 2.39. The van der Waals surface area contributed by atoms with E-state index in [4.69, 9.17) is 4.74 Å². The van der Waals surface area contributed by atoms with Crippen LogP contribution in [-0.4, -0.2) is 46.3 Å². The van der Waals surface area contributed by atoms with Crippen LogP contribution >= 0.6 is 0 Å². The second kappa shape index (κ2) is 6.39. The van der Waals surface area contributed by atoms with E-state index < -0.39 is 27.5 Å². The molecule has 0 aliphatic heterocycles. The smallest absolute Gasteiger partial charge is 0.326 e. The first-order valence-corrected chi connectivity index (χ1v) is 7.42. The molecular formula is C11H14N2O7S. The highest BCUT2D eigenvalue weighted by atomic mass is 32.2. The number of methoxy groups -OCH3 is 2. The van der Waals surface area contributed by atoms with Crippen molar-refractivity contribution in [3.63, 3.8) is 0 Å². The molecule has 0 saturated heterocycles. The SMILES string of the molecule is COC(=O)CN(c1cc([N+](=O)[O-])ccc1OC)S(C)(=O)=O. The van der Waals surface area contributed by atoms with Crippen molar-refractivity contribution < 1.29 is 27.6 Å². The molecule has 1 aromatic carbocycles. The van der Waals surface area contributed by atoms with E-state index in [1.165, 1.54) is 19.2 Å². The third-order valence-electron chi connectivity index (χ3n) is 2.54. The molecule has 0 spiro atoms. The quantitative estimate of drug-likeness (QED) is 0.427. The van der Waals surface area contributed by atoms with Gasteiger partial charge in [-0.1, -0.05) is 0 Å². The van der Waals surface area contributed by atoms with Crippen LogP contribution in [0.3, 0.4) is 0 Å². The number of carbonyl (C=O) groups is 1. The minimum absolute atomic E-state index is 0.0786. The summed E-state index contributed by atoms with van der Waals surface area (Å²) < 4.78 is 33.8. The molecule has 0 aromatic heterocycles. The molecule has 0 amide bonds. The van der Waals surface area contributed by atoms with Gasteiger partial charge in [0.05, 0.1) is 25.4 Å². The van der Waals surface area contributed by atoms with Gasteiger partial charge in [0.1, 0.15) is 18.0 Å². The summed E-state index contributed by atoms with van der Waals surface area (Å²) in [5, 5.41) is 10.8. The molecule has 0 atom stereocenters. The van der Waals surface area contributed by atoms with Gasteiger partial charge in [-0.25, -0.2) is 8.42 Å². The average Bonchev–Trinajstić information content (AvgIpc) is 2.42. The first-order chi connectivity index (χ1) is 9.70. The zero-order valence-electron chi connectivity index (χ0n) is 11.6.